The highest BCUT2D eigenvalue weighted by molar-refractivity contribution is 5.89. The molecule has 0 unspecified atom stereocenters. The Morgan fingerprint density at radius 1 is 1.50 bits per heavy atom. The summed E-state index contributed by atoms with van der Waals surface area (Å²) in [6.45, 7) is 0.166. The van der Waals surface area contributed by atoms with Gasteiger partial charge in [-0.2, -0.15) is 0 Å². The van der Waals surface area contributed by atoms with Gasteiger partial charge in [0.05, 0.1) is 12.1 Å². The van der Waals surface area contributed by atoms with Crippen molar-refractivity contribution in [3.63, 3.8) is 0 Å². The maximum absolute atomic E-state index is 13.4. The molecule has 4 nitrogen and oxygen atoms in total. The van der Waals surface area contributed by atoms with E-state index in [4.69, 9.17) is 5.73 Å². The zero-order valence-corrected chi connectivity index (χ0v) is 9.79. The van der Waals surface area contributed by atoms with Crippen molar-refractivity contribution in [2.75, 3.05) is 11.9 Å². The first-order chi connectivity index (χ1) is 8.69. The standard InChI is InChI=1S/C13H14FN3O/c14-12-6-5-11(8-9(12)2-1-7-15)17-13(18)16-10-3-4-10/h5-6,8,10H,3-4,7,15H2,(H2,16,17,18). The molecule has 0 aromatic heterocycles. The average Bonchev–Trinajstić information content (AvgIpc) is 3.13. The van der Waals surface area contributed by atoms with E-state index in [9.17, 15) is 9.18 Å². The topological polar surface area (TPSA) is 67.1 Å². The monoisotopic (exact) mass is 247 g/mol. The van der Waals surface area contributed by atoms with Crippen LogP contribution < -0.4 is 16.4 Å². The SMILES string of the molecule is NCC#Cc1cc(NC(=O)NC2CC2)ccc1F. The Morgan fingerprint density at radius 3 is 2.94 bits per heavy atom. The van der Waals surface area contributed by atoms with E-state index in [2.05, 4.69) is 22.5 Å². The van der Waals surface area contributed by atoms with Gasteiger partial charge in [0.2, 0.25) is 0 Å². The number of benzene rings is 1. The Hall–Kier alpha value is -2.06. The molecule has 2 amide bonds. The molecular formula is C13H14FN3O. The van der Waals surface area contributed by atoms with Crippen molar-refractivity contribution in [3.05, 3.63) is 29.6 Å². The third kappa shape index (κ3) is 3.47. The number of nitrogens with one attached hydrogen (secondary N) is 2. The largest absolute Gasteiger partial charge is 0.335 e. The highest BCUT2D eigenvalue weighted by Crippen LogP contribution is 2.19. The second-order valence-corrected chi connectivity index (χ2v) is 4.07. The minimum absolute atomic E-state index is 0.166. The third-order valence-corrected chi connectivity index (χ3v) is 2.46. The zero-order chi connectivity index (χ0) is 13.0. The van der Waals surface area contributed by atoms with Crippen LogP contribution in [0.1, 0.15) is 18.4 Å². The van der Waals surface area contributed by atoms with E-state index < -0.39 is 5.82 Å². The number of hydrogen-bond donors (Lipinski definition) is 3. The number of hydrogen-bond acceptors (Lipinski definition) is 2. The van der Waals surface area contributed by atoms with Gasteiger partial charge in [-0.3, -0.25) is 0 Å². The predicted octanol–water partition coefficient (Wildman–Crippen LogP) is 1.42. The molecule has 0 radical (unpaired) electrons. The van der Waals surface area contributed by atoms with Crippen LogP contribution in [0.25, 0.3) is 0 Å². The van der Waals surface area contributed by atoms with Crippen LogP contribution in [0.5, 0.6) is 0 Å². The molecule has 0 spiro atoms. The maximum atomic E-state index is 13.4. The van der Waals surface area contributed by atoms with Crippen LogP contribution in [-0.2, 0) is 0 Å². The smallest absolute Gasteiger partial charge is 0.319 e. The lowest BCUT2D eigenvalue weighted by atomic mass is 10.2. The number of nitrogens with two attached hydrogens (primary N) is 1. The molecule has 0 heterocycles. The van der Waals surface area contributed by atoms with Crippen molar-refractivity contribution in [3.8, 4) is 11.8 Å². The fourth-order valence-corrected chi connectivity index (χ4v) is 1.43. The summed E-state index contributed by atoms with van der Waals surface area (Å²) >= 11 is 0. The second-order valence-electron chi connectivity index (χ2n) is 4.07. The zero-order valence-electron chi connectivity index (χ0n) is 9.79. The molecule has 94 valence electrons. The third-order valence-electron chi connectivity index (χ3n) is 2.46. The Morgan fingerprint density at radius 2 is 2.28 bits per heavy atom. The lowest BCUT2D eigenvalue weighted by molar-refractivity contribution is 0.251. The molecule has 1 aromatic rings. The fourth-order valence-electron chi connectivity index (χ4n) is 1.43. The van der Waals surface area contributed by atoms with Crippen molar-refractivity contribution in [1.29, 1.82) is 0 Å². The highest BCUT2D eigenvalue weighted by Gasteiger charge is 2.23. The molecule has 2 rings (SSSR count). The quantitative estimate of drug-likeness (QED) is 0.692. The molecule has 1 aromatic carbocycles. The van der Waals surface area contributed by atoms with Crippen molar-refractivity contribution in [1.82, 2.24) is 5.32 Å². The number of rotatable bonds is 2. The number of amides is 2. The van der Waals surface area contributed by atoms with E-state index in [1.165, 1.54) is 18.2 Å². The highest BCUT2D eigenvalue weighted by atomic mass is 19.1. The molecule has 0 saturated heterocycles. The summed E-state index contributed by atoms with van der Waals surface area (Å²) < 4.78 is 13.4. The maximum Gasteiger partial charge on any atom is 0.319 e. The van der Waals surface area contributed by atoms with Crippen molar-refractivity contribution >= 4 is 11.7 Å². The number of anilines is 1. The van der Waals surface area contributed by atoms with E-state index in [-0.39, 0.29) is 24.2 Å². The van der Waals surface area contributed by atoms with Gasteiger partial charge in [0.25, 0.3) is 0 Å². The van der Waals surface area contributed by atoms with Crippen LogP contribution in [0.2, 0.25) is 0 Å². The molecule has 0 atom stereocenters. The van der Waals surface area contributed by atoms with Crippen LogP contribution in [-0.4, -0.2) is 18.6 Å². The summed E-state index contributed by atoms with van der Waals surface area (Å²) in [5, 5.41) is 5.42. The van der Waals surface area contributed by atoms with E-state index >= 15 is 0 Å². The van der Waals surface area contributed by atoms with E-state index in [0.717, 1.165) is 12.8 Å². The Bertz CT molecular complexity index is 515. The first-order valence-electron chi connectivity index (χ1n) is 5.75. The number of carbonyl (C=O) groups excluding carboxylic acids is 1. The van der Waals surface area contributed by atoms with E-state index in [0.29, 0.717) is 5.69 Å². The molecule has 1 aliphatic rings. The van der Waals surface area contributed by atoms with Gasteiger partial charge in [-0.1, -0.05) is 11.8 Å². The van der Waals surface area contributed by atoms with Crippen LogP contribution >= 0.6 is 0 Å². The summed E-state index contributed by atoms with van der Waals surface area (Å²) in [6.07, 6.45) is 2.04. The summed E-state index contributed by atoms with van der Waals surface area (Å²) in [7, 11) is 0. The summed E-state index contributed by atoms with van der Waals surface area (Å²) in [4.78, 5) is 11.5. The van der Waals surface area contributed by atoms with Gasteiger partial charge < -0.3 is 16.4 Å². The number of halogens is 1. The molecule has 4 N–H and O–H groups in total. The second kappa shape index (κ2) is 5.52. The molecule has 1 fully saturated rings. The molecule has 1 saturated carbocycles. The summed E-state index contributed by atoms with van der Waals surface area (Å²) in [6, 6.07) is 4.26. The number of carbonyl (C=O) groups is 1. The van der Waals surface area contributed by atoms with Gasteiger partial charge in [-0.25, -0.2) is 9.18 Å². The molecule has 1 aliphatic carbocycles. The summed E-state index contributed by atoms with van der Waals surface area (Å²) in [5.41, 5.74) is 5.97. The molecule has 18 heavy (non-hydrogen) atoms. The van der Waals surface area contributed by atoms with Crippen LogP contribution in [0.15, 0.2) is 18.2 Å². The molecule has 0 aliphatic heterocycles. The minimum Gasteiger partial charge on any atom is -0.335 e. The fraction of sp³-hybridized carbons (Fsp3) is 0.308. The van der Waals surface area contributed by atoms with Crippen molar-refractivity contribution in [2.45, 2.75) is 18.9 Å². The molecule has 5 heteroatoms. The predicted molar refractivity (Wildman–Crippen MR) is 67.5 cm³/mol. The van der Waals surface area contributed by atoms with Crippen LogP contribution in [0, 0.1) is 17.7 Å². The van der Waals surface area contributed by atoms with Gasteiger partial charge in [0.1, 0.15) is 5.82 Å². The molecular weight excluding hydrogens is 233 g/mol. The minimum atomic E-state index is -0.427. The Balaban J connectivity index is 2.05. The first-order valence-corrected chi connectivity index (χ1v) is 5.75. The number of urea groups is 1. The van der Waals surface area contributed by atoms with Gasteiger partial charge in [-0.05, 0) is 31.0 Å². The van der Waals surface area contributed by atoms with Crippen molar-refractivity contribution < 1.29 is 9.18 Å². The van der Waals surface area contributed by atoms with Gasteiger partial charge in [-0.15, -0.1) is 0 Å². The Kier molecular flexibility index (Phi) is 3.80. The molecule has 0 bridgehead atoms. The van der Waals surface area contributed by atoms with Crippen LogP contribution in [0.4, 0.5) is 14.9 Å². The van der Waals surface area contributed by atoms with Crippen molar-refractivity contribution in [2.24, 2.45) is 5.73 Å². The van der Waals surface area contributed by atoms with Crippen LogP contribution in [0.3, 0.4) is 0 Å². The first kappa shape index (κ1) is 12.4. The average molecular weight is 247 g/mol. The lowest BCUT2D eigenvalue weighted by Crippen LogP contribution is -2.30. The van der Waals surface area contributed by atoms with Gasteiger partial charge in [0, 0.05) is 11.7 Å². The van der Waals surface area contributed by atoms with Gasteiger partial charge in [0.15, 0.2) is 0 Å². The van der Waals surface area contributed by atoms with Gasteiger partial charge >= 0.3 is 6.03 Å². The normalized spacial score (nSPS) is 13.4. The Labute approximate surface area is 105 Å². The lowest BCUT2D eigenvalue weighted by Gasteiger charge is -2.07. The summed E-state index contributed by atoms with van der Waals surface area (Å²) in [5.74, 6) is 4.77. The van der Waals surface area contributed by atoms with E-state index in [1.807, 2.05) is 0 Å². The van der Waals surface area contributed by atoms with E-state index in [1.54, 1.807) is 0 Å².